The van der Waals surface area contributed by atoms with E-state index >= 15 is 4.39 Å². The Kier molecular flexibility index (Phi) is 7.97. The second kappa shape index (κ2) is 11.1. The molecule has 41 heavy (non-hydrogen) atoms. The Hall–Kier alpha value is -2.92. The van der Waals surface area contributed by atoms with Gasteiger partial charge in [0.2, 0.25) is 5.91 Å². The highest BCUT2D eigenvalue weighted by molar-refractivity contribution is 7.91. The third kappa shape index (κ3) is 6.02. The monoisotopic (exact) mass is 587 g/mol. The van der Waals surface area contributed by atoms with Crippen molar-refractivity contribution in [1.82, 2.24) is 14.8 Å². The number of fused-ring (bicyclic) bond motifs is 3. The van der Waals surface area contributed by atoms with E-state index in [4.69, 9.17) is 5.73 Å². The van der Waals surface area contributed by atoms with Crippen molar-refractivity contribution in [1.29, 1.82) is 0 Å². The lowest BCUT2D eigenvalue weighted by atomic mass is 9.89. The molecule has 0 unspecified atom stereocenters. The minimum atomic E-state index is -3.49. The summed E-state index contributed by atoms with van der Waals surface area (Å²) in [5.74, 6) is -1.47. The van der Waals surface area contributed by atoms with Gasteiger partial charge in [-0.25, -0.2) is 12.8 Å². The Bertz CT molecular complexity index is 1470. The Balaban J connectivity index is 1.43. The van der Waals surface area contributed by atoms with Gasteiger partial charge in [-0.15, -0.1) is 0 Å². The number of benzene rings is 1. The number of halogens is 1. The van der Waals surface area contributed by atoms with Crippen LogP contribution in [0, 0.1) is 11.2 Å². The summed E-state index contributed by atoms with van der Waals surface area (Å²) >= 11 is 0. The molecule has 1 aliphatic heterocycles. The molecule has 1 fully saturated rings. The number of aromatic nitrogens is 1. The Labute approximate surface area is 242 Å². The minimum Gasteiger partial charge on any atom is -0.382 e. The third-order valence-corrected chi connectivity index (χ3v) is 10.9. The summed E-state index contributed by atoms with van der Waals surface area (Å²) in [6.07, 6.45) is 6.27. The molecule has 0 spiro atoms. The topological polar surface area (TPSA) is 127 Å². The molecule has 1 saturated carbocycles. The number of nitrogens with one attached hydrogen (secondary N) is 2. The van der Waals surface area contributed by atoms with Gasteiger partial charge in [0.05, 0.1) is 27.6 Å². The first-order chi connectivity index (χ1) is 19.3. The van der Waals surface area contributed by atoms with E-state index in [1.54, 1.807) is 6.07 Å². The molecule has 224 valence electrons. The maximum atomic E-state index is 15.6. The van der Waals surface area contributed by atoms with Gasteiger partial charge < -0.3 is 25.8 Å². The summed E-state index contributed by atoms with van der Waals surface area (Å²) in [5.41, 5.74) is 8.28. The number of anilines is 1. The predicted molar refractivity (Wildman–Crippen MR) is 157 cm³/mol. The number of amides is 2. The van der Waals surface area contributed by atoms with Gasteiger partial charge >= 0.3 is 0 Å². The highest BCUT2D eigenvalue weighted by Crippen LogP contribution is 2.44. The second-order valence-electron chi connectivity index (χ2n) is 13.0. The number of sulfone groups is 1. The third-order valence-electron chi connectivity index (χ3n) is 8.62. The van der Waals surface area contributed by atoms with Crippen molar-refractivity contribution in [3.63, 3.8) is 0 Å². The van der Waals surface area contributed by atoms with Crippen LogP contribution in [-0.4, -0.2) is 68.2 Å². The van der Waals surface area contributed by atoms with Crippen LogP contribution in [-0.2, 0) is 33.9 Å². The smallest absolute Gasteiger partial charge is 0.253 e. The van der Waals surface area contributed by atoms with Crippen LogP contribution in [0.15, 0.2) is 17.0 Å². The predicted octanol–water partition coefficient (Wildman–Crippen LogP) is 3.35. The van der Waals surface area contributed by atoms with Gasteiger partial charge in [-0.05, 0) is 88.6 Å². The van der Waals surface area contributed by atoms with Crippen LogP contribution < -0.4 is 16.4 Å². The number of carbonyl (C=O) groups is 2. The average molecular weight is 588 g/mol. The van der Waals surface area contributed by atoms with Crippen LogP contribution in [0.1, 0.15) is 79.7 Å². The summed E-state index contributed by atoms with van der Waals surface area (Å²) in [7, 11) is 0.382. The molecule has 3 aliphatic rings. The first-order valence-corrected chi connectivity index (χ1v) is 16.2. The lowest BCUT2D eigenvalue weighted by molar-refractivity contribution is -0.122. The maximum absolute atomic E-state index is 15.6. The van der Waals surface area contributed by atoms with Crippen molar-refractivity contribution in [3.05, 3.63) is 40.5 Å². The van der Waals surface area contributed by atoms with Crippen LogP contribution in [0.5, 0.6) is 0 Å². The van der Waals surface area contributed by atoms with Gasteiger partial charge in [0.15, 0.2) is 9.84 Å². The molecule has 1 aromatic heterocycles. The van der Waals surface area contributed by atoms with Gasteiger partial charge in [-0.2, -0.15) is 0 Å². The highest BCUT2D eigenvalue weighted by Gasteiger charge is 2.42. The van der Waals surface area contributed by atoms with Crippen molar-refractivity contribution in [2.45, 2.75) is 88.6 Å². The average Bonchev–Trinajstić information content (AvgIpc) is 3.42. The first-order valence-electron chi connectivity index (χ1n) is 14.6. The SMILES string of the molecule is CN(C)CCC(=O)NC1CCC(Nc2cc(-n3c4c(c5c3CC(C)(C)CS5(=O)=O)CCC4)cc(F)c2C(N)=O)CC1. The van der Waals surface area contributed by atoms with Crippen LogP contribution in [0.2, 0.25) is 0 Å². The number of hydrogen-bond acceptors (Lipinski definition) is 6. The van der Waals surface area contributed by atoms with Gasteiger partial charge in [0.25, 0.3) is 5.91 Å². The molecule has 11 heteroatoms. The standard InChI is InChI=1S/C30H42FN5O4S/c1-30(2)16-25-28(41(39,40)17-30)21-6-5-7-24(21)36(25)20-14-22(31)27(29(32)38)23(15-20)33-18-8-10-19(11-9-18)34-26(37)12-13-35(3)4/h14-15,18-19,33H,5-13,16-17H2,1-4H3,(H2,32,38)(H,34,37). The molecule has 1 aromatic carbocycles. The van der Waals surface area contributed by atoms with Crippen molar-refractivity contribution in [2.24, 2.45) is 11.1 Å². The van der Waals surface area contributed by atoms with Crippen LogP contribution in [0.25, 0.3) is 5.69 Å². The summed E-state index contributed by atoms with van der Waals surface area (Å²) in [4.78, 5) is 27.0. The van der Waals surface area contributed by atoms with Gasteiger partial charge in [0.1, 0.15) is 5.82 Å². The Morgan fingerprint density at radius 2 is 1.78 bits per heavy atom. The van der Waals surface area contributed by atoms with E-state index in [0.717, 1.165) is 43.4 Å². The van der Waals surface area contributed by atoms with E-state index in [9.17, 15) is 18.0 Å². The van der Waals surface area contributed by atoms with E-state index in [2.05, 4.69) is 10.6 Å². The zero-order valence-corrected chi connectivity index (χ0v) is 25.3. The number of nitrogens with two attached hydrogens (primary N) is 1. The van der Waals surface area contributed by atoms with E-state index in [1.807, 2.05) is 37.4 Å². The number of primary amides is 1. The van der Waals surface area contributed by atoms with Crippen molar-refractivity contribution >= 4 is 27.3 Å². The van der Waals surface area contributed by atoms with Crippen molar-refractivity contribution < 1.29 is 22.4 Å². The van der Waals surface area contributed by atoms with Crippen molar-refractivity contribution in [2.75, 3.05) is 31.7 Å². The number of rotatable bonds is 8. The summed E-state index contributed by atoms with van der Waals surface area (Å²) in [6, 6.07) is 3.10. The molecular formula is C30H42FN5O4S. The molecule has 2 heterocycles. The minimum absolute atomic E-state index is 0.0266. The van der Waals surface area contributed by atoms with Crippen molar-refractivity contribution in [3.8, 4) is 5.69 Å². The second-order valence-corrected chi connectivity index (χ2v) is 14.9. The maximum Gasteiger partial charge on any atom is 0.253 e. The lowest BCUT2D eigenvalue weighted by Gasteiger charge is -2.32. The van der Waals surface area contributed by atoms with Gasteiger partial charge in [0, 0.05) is 36.4 Å². The van der Waals surface area contributed by atoms with E-state index in [-0.39, 0.29) is 29.3 Å². The number of nitrogens with zero attached hydrogens (tertiary/aromatic N) is 2. The fourth-order valence-corrected chi connectivity index (χ4v) is 9.29. The van der Waals surface area contributed by atoms with Crippen LogP contribution >= 0.6 is 0 Å². The lowest BCUT2D eigenvalue weighted by Crippen LogP contribution is -2.41. The van der Waals surface area contributed by atoms with E-state index in [0.29, 0.717) is 54.2 Å². The van der Waals surface area contributed by atoms with Gasteiger partial charge in [-0.1, -0.05) is 13.8 Å². The zero-order valence-electron chi connectivity index (χ0n) is 24.5. The van der Waals surface area contributed by atoms with E-state index in [1.165, 1.54) is 6.07 Å². The largest absolute Gasteiger partial charge is 0.382 e. The normalized spacial score (nSPS) is 22.7. The zero-order chi connectivity index (χ0) is 29.7. The molecule has 2 aromatic rings. The van der Waals surface area contributed by atoms with Gasteiger partial charge in [-0.3, -0.25) is 9.59 Å². The molecule has 4 N–H and O–H groups in total. The Morgan fingerprint density at radius 3 is 2.44 bits per heavy atom. The quantitative estimate of drug-likeness (QED) is 0.435. The van der Waals surface area contributed by atoms with E-state index < -0.39 is 27.0 Å². The Morgan fingerprint density at radius 1 is 1.10 bits per heavy atom. The summed E-state index contributed by atoms with van der Waals surface area (Å²) in [6.45, 7) is 4.58. The first kappa shape index (κ1) is 29.6. The molecular weight excluding hydrogens is 545 g/mol. The molecule has 0 bridgehead atoms. The van der Waals surface area contributed by atoms with Crippen LogP contribution in [0.3, 0.4) is 0 Å². The highest BCUT2D eigenvalue weighted by atomic mass is 32.2. The molecule has 0 radical (unpaired) electrons. The molecule has 2 amide bonds. The fourth-order valence-electron chi connectivity index (χ4n) is 6.90. The fraction of sp³-hybridized carbons (Fsp3) is 0.600. The summed E-state index contributed by atoms with van der Waals surface area (Å²) in [5, 5.41) is 6.49. The van der Waals surface area contributed by atoms with Crippen LogP contribution in [0.4, 0.5) is 10.1 Å². The molecule has 2 aliphatic carbocycles. The molecule has 5 rings (SSSR count). The molecule has 0 saturated heterocycles. The molecule has 9 nitrogen and oxygen atoms in total. The number of hydrogen-bond donors (Lipinski definition) is 3. The number of carbonyl (C=O) groups excluding carboxylic acids is 2. The molecule has 0 atom stereocenters. The summed E-state index contributed by atoms with van der Waals surface area (Å²) < 4.78 is 44.3.